The van der Waals surface area contributed by atoms with Gasteiger partial charge in [0.25, 0.3) is 17.7 Å². The fourth-order valence-electron chi connectivity index (χ4n) is 10.1. The van der Waals surface area contributed by atoms with Crippen LogP contribution in [0, 0.1) is 17.5 Å². The maximum absolute atomic E-state index is 14.7. The molecule has 0 spiro atoms. The van der Waals surface area contributed by atoms with Crippen molar-refractivity contribution in [2.24, 2.45) is 0 Å². The number of rotatable bonds is 15. The zero-order chi connectivity index (χ0) is 68.3. The second-order valence-corrected chi connectivity index (χ2v) is 33.7. The van der Waals surface area contributed by atoms with Gasteiger partial charge in [-0.05, 0) is 91.0 Å². The molecule has 0 bridgehead atoms. The summed E-state index contributed by atoms with van der Waals surface area (Å²) in [5.41, 5.74) is 2.45. The van der Waals surface area contributed by atoms with Crippen molar-refractivity contribution in [3.05, 3.63) is 136 Å². The van der Waals surface area contributed by atoms with Crippen LogP contribution >= 0.6 is 80.6 Å². The number of anilines is 6. The monoisotopic (exact) mass is 1630 g/mol. The molecule has 6 saturated heterocycles. The molecular formula is C57H57Cl3F3IN9NaO16S6. The molecule has 3 aromatic carbocycles. The van der Waals surface area contributed by atoms with Gasteiger partial charge in [0, 0.05) is 73.1 Å². The Balaban J connectivity index is 0.000000177. The molecule has 3 N–H and O–H groups in total. The van der Waals surface area contributed by atoms with E-state index in [-0.39, 0.29) is 117 Å². The van der Waals surface area contributed by atoms with E-state index in [4.69, 9.17) is 62.8 Å². The third-order valence-corrected chi connectivity index (χ3v) is 22.3. The molecule has 6 amide bonds. The van der Waals surface area contributed by atoms with E-state index in [0.29, 0.717) is 86.4 Å². The number of benzene rings is 3. The van der Waals surface area contributed by atoms with Gasteiger partial charge >= 0.3 is 47.8 Å². The molecule has 6 aromatic rings. The number of nitrogens with zero attached hydrogens (tertiary/aromatic N) is 6. The Labute approximate surface area is 610 Å². The van der Waals surface area contributed by atoms with Crippen LogP contribution in [0.15, 0.2) is 91.0 Å². The summed E-state index contributed by atoms with van der Waals surface area (Å²) in [7, 11) is -3.91. The normalized spacial score (nSPS) is 19.3. The standard InChI is InChI=1S/C19H19ClFN3O5S2.C19H19ClFN3O4S2.C19H19ClFN3O3S2.IO4.Na/c20-17-4-3-16(30-17)18(25)22-10-13-11-24(19(26)29-13)12-1-2-15(14(21)9-12)23-5-7-31(27,28)8-6-23;20-17-4-3-16(29-17)18(25)22-10-13-11-24(19(26)28-13)12-1-2-15(14(21)9-12)23-5-7-30(27)8-6-23;20-17-4-3-16(29-17)18(25)22-10-13-11-24(19(26)27-13)12-1-2-15(14(21)9-12)23-5-7-28-8-6-23;2-1(3,4)5;/h1-4,9,13H,5-8,10-11H2,(H,22,25);1-4,9,13H,5-8,10-11H2,(H,22,25);1-4,9,13H,5-8,10-11H2,(H,22,25);;/q;;;-1;+1/t3*13-;;/m000../s1. The van der Waals surface area contributed by atoms with E-state index >= 15 is 0 Å². The molecule has 25 nitrogen and oxygen atoms in total. The molecule has 0 saturated carbocycles. The molecule has 39 heteroatoms. The molecule has 0 radical (unpaired) electrons. The summed E-state index contributed by atoms with van der Waals surface area (Å²) in [6, 6.07) is 23.6. The first-order valence-electron chi connectivity index (χ1n) is 28.6. The smallest absolute Gasteiger partial charge is 0.442 e. The Hall–Kier alpha value is -4.94. The van der Waals surface area contributed by atoms with Gasteiger partial charge in [0.1, 0.15) is 55.9 Å². The molecule has 6 aliphatic heterocycles. The van der Waals surface area contributed by atoms with E-state index in [1.165, 1.54) is 50.3 Å². The molecule has 6 aliphatic rings. The van der Waals surface area contributed by atoms with Gasteiger partial charge in [-0.2, -0.15) is 11.8 Å². The van der Waals surface area contributed by atoms with E-state index < -0.39 is 89.0 Å². The van der Waals surface area contributed by atoms with Crippen molar-refractivity contribution in [1.82, 2.24) is 16.0 Å². The number of thioether (sulfide) groups is 1. The molecule has 6 fully saturated rings. The number of hydrogen-bond acceptors (Lipinski definition) is 23. The van der Waals surface area contributed by atoms with Crippen LogP contribution in [0.4, 0.5) is 61.7 Å². The van der Waals surface area contributed by atoms with E-state index in [0.717, 1.165) is 47.3 Å². The van der Waals surface area contributed by atoms with Crippen LogP contribution in [0.5, 0.6) is 0 Å². The van der Waals surface area contributed by atoms with Crippen molar-refractivity contribution in [3.8, 4) is 0 Å². The number of halogens is 7. The van der Waals surface area contributed by atoms with Gasteiger partial charge in [0.2, 0.25) is 0 Å². The first kappa shape index (κ1) is 76.8. The summed E-state index contributed by atoms with van der Waals surface area (Å²) in [6.45, 7) is 4.15. The molecule has 3 aromatic heterocycles. The average Bonchev–Trinajstić information content (AvgIpc) is 1.57. The zero-order valence-electron chi connectivity index (χ0n) is 50.4. The van der Waals surface area contributed by atoms with E-state index in [1.807, 2.05) is 21.6 Å². The topological polar surface area (TPSA) is 329 Å². The third kappa shape index (κ3) is 21.8. The van der Waals surface area contributed by atoms with Crippen molar-refractivity contribution >= 4 is 171 Å². The molecule has 96 heavy (non-hydrogen) atoms. The van der Waals surface area contributed by atoms with E-state index in [2.05, 4.69) is 16.0 Å². The summed E-state index contributed by atoms with van der Waals surface area (Å²) >= 11 is 16.9. The molecule has 12 rings (SSSR count). The number of sulfone groups is 1. The molecule has 0 aliphatic carbocycles. The summed E-state index contributed by atoms with van der Waals surface area (Å²) in [5.74, 6) is 0.736. The molecule has 3 atom stereocenters. The van der Waals surface area contributed by atoms with Crippen LogP contribution in [0.1, 0.15) is 29.0 Å². The quantitative estimate of drug-likeness (QED) is 0.0598. The van der Waals surface area contributed by atoms with Crippen LogP contribution in [0.25, 0.3) is 0 Å². The fourth-order valence-corrected chi connectivity index (χ4v) is 16.1. The first-order chi connectivity index (χ1) is 45.1. The second kappa shape index (κ2) is 34.9. The van der Waals surface area contributed by atoms with Crippen molar-refractivity contribution in [2.45, 2.75) is 18.3 Å². The largest absolute Gasteiger partial charge is 1.00 e. The molecule has 0 unspecified atom stereocenters. The van der Waals surface area contributed by atoms with Gasteiger partial charge < -0.3 is 44.9 Å². The Morgan fingerprint density at radius 1 is 0.521 bits per heavy atom. The van der Waals surface area contributed by atoms with Crippen molar-refractivity contribution in [1.29, 1.82) is 0 Å². The van der Waals surface area contributed by atoms with Crippen LogP contribution in [-0.2, 0) is 34.8 Å². The number of nitrogens with one attached hydrogen (secondary N) is 3. The number of hydrogen-bond donors (Lipinski definition) is 3. The molecule has 512 valence electrons. The maximum Gasteiger partial charge on any atom is 1.00 e. The van der Waals surface area contributed by atoms with Gasteiger partial charge in [-0.25, -0.2) is 36.0 Å². The fraction of sp³-hybridized carbons (Fsp3) is 0.368. The van der Waals surface area contributed by atoms with Crippen molar-refractivity contribution in [3.63, 3.8) is 0 Å². The Bertz CT molecular complexity index is 3910. The zero-order valence-corrected chi connectivity index (χ0v) is 61.8. The maximum atomic E-state index is 14.7. The molecule has 9 heterocycles. The Morgan fingerprint density at radius 3 is 1.11 bits per heavy atom. The average molecular weight is 1630 g/mol. The minimum absolute atomic E-state index is 0. The molecular weight excluding hydrogens is 1570 g/mol. The van der Waals surface area contributed by atoms with Gasteiger partial charge in [-0.15, -0.1) is 34.0 Å². The van der Waals surface area contributed by atoms with Crippen molar-refractivity contribution < 1.29 is 132 Å². The number of cyclic esters (lactones) is 3. The number of thiophene rings is 3. The van der Waals surface area contributed by atoms with Gasteiger partial charge in [0.05, 0.1) is 113 Å². The summed E-state index contributed by atoms with van der Waals surface area (Å²) < 4.78 is 131. The number of carbonyl (C=O) groups excluding carboxylic acids is 6. The first-order valence-corrected chi connectivity index (χ1v) is 40.1. The number of ether oxygens (including phenoxy) is 3. The second-order valence-electron chi connectivity index (χ2n) is 21.1. The van der Waals surface area contributed by atoms with Crippen LogP contribution in [0.3, 0.4) is 0 Å². The SMILES string of the molecule is O=C(NC[C@H]1CN(c2ccc(N3CCS(=O)(=O)CC3)c(F)c2)C(=O)O1)c1ccc(Cl)s1.O=C(NC[C@H]1CN(c2ccc(N3CCS(=O)CC3)c(F)c2)C(=O)O1)c1ccc(Cl)s1.O=C(NC[C@H]1CN(c2ccc(N3CCSCC3)c(F)c2)C(=O)O1)c1ccc(Cl)s1.[Na+].[O-][I+3]([O-])([O-])[O-]. The minimum Gasteiger partial charge on any atom is -0.442 e. The summed E-state index contributed by atoms with van der Waals surface area (Å²) in [6.07, 6.45) is -3.41. The predicted molar refractivity (Wildman–Crippen MR) is 348 cm³/mol. The van der Waals surface area contributed by atoms with E-state index in [1.54, 1.807) is 71.6 Å². The van der Waals surface area contributed by atoms with Gasteiger partial charge in [-0.3, -0.25) is 47.0 Å². The number of amides is 6. The van der Waals surface area contributed by atoms with Crippen molar-refractivity contribution in [2.75, 3.05) is 142 Å². The number of carbonyl (C=O) groups is 6. The predicted octanol–water partition coefficient (Wildman–Crippen LogP) is -1.50. The minimum atomic E-state index is -5.94. The summed E-state index contributed by atoms with van der Waals surface area (Å²) in [4.78, 5) is 84.1. The summed E-state index contributed by atoms with van der Waals surface area (Å²) in [5, 5.41) is 8.15. The van der Waals surface area contributed by atoms with Gasteiger partial charge in [-0.1, -0.05) is 34.8 Å². The van der Waals surface area contributed by atoms with Gasteiger partial charge in [0.15, 0.2) is 9.84 Å². The van der Waals surface area contributed by atoms with Crippen LogP contribution in [-0.4, -0.2) is 180 Å². The Kier molecular flexibility index (Phi) is 27.9. The van der Waals surface area contributed by atoms with Crippen LogP contribution < -0.4 is 109 Å². The third-order valence-electron chi connectivity index (χ3n) is 14.8. The van der Waals surface area contributed by atoms with Crippen LogP contribution in [0.2, 0.25) is 13.0 Å². The Morgan fingerprint density at radius 2 is 0.823 bits per heavy atom. The van der Waals surface area contributed by atoms with E-state index in [9.17, 15) is 54.6 Å².